The van der Waals surface area contributed by atoms with Crippen molar-refractivity contribution in [1.82, 2.24) is 10.6 Å². The van der Waals surface area contributed by atoms with Gasteiger partial charge in [0.15, 0.2) is 24.8 Å². The molecule has 2 aliphatic heterocycles. The van der Waals surface area contributed by atoms with Crippen LogP contribution in [0.3, 0.4) is 0 Å². The largest absolute Gasteiger partial charge is 0.456 e. The molecule has 16 nitrogen and oxygen atoms in total. The lowest BCUT2D eigenvalue weighted by molar-refractivity contribution is -0.331. The molecule has 10 atom stereocenters. The van der Waals surface area contributed by atoms with Gasteiger partial charge in [0.25, 0.3) is 0 Å². The Morgan fingerprint density at radius 1 is 0.722 bits per heavy atom. The molecule has 2 fully saturated rings. The molecule has 4 rings (SSSR count). The maximum Gasteiger partial charge on any atom is 0.407 e. The van der Waals surface area contributed by atoms with Crippen molar-refractivity contribution in [2.24, 2.45) is 0 Å². The van der Waals surface area contributed by atoms with Crippen molar-refractivity contribution < 1.29 is 67.3 Å². The summed E-state index contributed by atoms with van der Waals surface area (Å²) in [4.78, 5) is 50.1. The van der Waals surface area contributed by atoms with Gasteiger partial charge in [-0.25, -0.2) is 4.79 Å². The van der Waals surface area contributed by atoms with E-state index in [2.05, 4.69) is 10.6 Å². The third kappa shape index (κ3) is 13.5. The van der Waals surface area contributed by atoms with Crippen LogP contribution in [0, 0.1) is 0 Å². The average Bonchev–Trinajstić information content (AvgIpc) is 3.10. The summed E-state index contributed by atoms with van der Waals surface area (Å²) in [6.45, 7) is 2.41. The number of carbonyl (C=O) groups is 4. The fourth-order valence-corrected chi connectivity index (χ4v) is 5.98. The van der Waals surface area contributed by atoms with Gasteiger partial charge >= 0.3 is 18.0 Å². The van der Waals surface area contributed by atoms with Gasteiger partial charge in [-0.2, -0.15) is 0 Å². The van der Waals surface area contributed by atoms with Crippen molar-refractivity contribution in [2.75, 3.05) is 19.8 Å². The fourth-order valence-electron chi connectivity index (χ4n) is 5.81. The van der Waals surface area contributed by atoms with E-state index in [4.69, 9.17) is 72.7 Å². The summed E-state index contributed by atoms with van der Waals surface area (Å²) < 4.78 is 44.6. The van der Waals surface area contributed by atoms with Crippen LogP contribution in [-0.2, 0) is 65.5 Å². The third-order valence-electron chi connectivity index (χ3n) is 8.04. The first-order valence-electron chi connectivity index (χ1n) is 16.8. The van der Waals surface area contributed by atoms with Crippen LogP contribution in [-0.4, -0.2) is 119 Å². The molecule has 4 N–H and O–H groups in total. The van der Waals surface area contributed by atoms with Crippen LogP contribution in [0.25, 0.3) is 0 Å². The lowest BCUT2D eigenvalue weighted by Crippen LogP contribution is -2.70. The second-order valence-electron chi connectivity index (χ2n) is 12.4. The molecule has 0 radical (unpaired) electrons. The Balaban J connectivity index is 1.70. The zero-order valence-corrected chi connectivity index (χ0v) is 31.8. The number of hydrogen-bond donors (Lipinski definition) is 4. The molecular formula is C35H43Cl3N2O14. The van der Waals surface area contributed by atoms with Crippen LogP contribution in [0.1, 0.15) is 31.9 Å². The second kappa shape index (κ2) is 20.6. The summed E-state index contributed by atoms with van der Waals surface area (Å²) in [7, 11) is 0. The first-order chi connectivity index (χ1) is 25.6. The maximum atomic E-state index is 13.1. The van der Waals surface area contributed by atoms with Crippen LogP contribution < -0.4 is 10.6 Å². The Bertz CT molecular complexity index is 1520. The predicted molar refractivity (Wildman–Crippen MR) is 190 cm³/mol. The summed E-state index contributed by atoms with van der Waals surface area (Å²) in [5.41, 5.74) is 1.62. The molecule has 2 amide bonds. The van der Waals surface area contributed by atoms with E-state index in [9.17, 15) is 29.4 Å². The first kappa shape index (κ1) is 43.4. The molecular weight excluding hydrogens is 779 g/mol. The minimum Gasteiger partial charge on any atom is -0.456 e. The molecule has 2 saturated heterocycles. The molecule has 0 aromatic heterocycles. The summed E-state index contributed by atoms with van der Waals surface area (Å²) in [6.07, 6.45) is -13.0. The summed E-state index contributed by atoms with van der Waals surface area (Å²) in [6, 6.07) is 15.3. The number of halogens is 3. The quantitative estimate of drug-likeness (QED) is 0.116. The van der Waals surface area contributed by atoms with Crippen molar-refractivity contribution in [3.05, 3.63) is 71.8 Å². The topological polar surface area (TPSA) is 207 Å². The second-order valence-corrected chi connectivity index (χ2v) is 15.0. The Hall–Kier alpha value is -3.29. The number of aliphatic hydroxyl groups excluding tert-OH is 2. The number of benzene rings is 2. The van der Waals surface area contributed by atoms with E-state index >= 15 is 0 Å². The van der Waals surface area contributed by atoms with Gasteiger partial charge in [-0.15, -0.1) is 0 Å². The number of nitrogens with one attached hydrogen (secondary N) is 2. The zero-order chi connectivity index (χ0) is 39.4. The van der Waals surface area contributed by atoms with Gasteiger partial charge in [0.2, 0.25) is 9.70 Å². The minimum absolute atomic E-state index is 0.106. The first-order valence-corrected chi connectivity index (χ1v) is 17.9. The monoisotopic (exact) mass is 820 g/mol. The molecule has 0 aliphatic carbocycles. The van der Waals surface area contributed by atoms with Crippen molar-refractivity contribution in [2.45, 2.75) is 99.1 Å². The van der Waals surface area contributed by atoms with Crippen LogP contribution in [0.5, 0.6) is 0 Å². The highest BCUT2D eigenvalue weighted by molar-refractivity contribution is 6.67. The molecule has 2 aromatic rings. The van der Waals surface area contributed by atoms with E-state index in [1.165, 1.54) is 6.92 Å². The number of alkyl carbamates (subject to hydrolysis) is 1. The van der Waals surface area contributed by atoms with Gasteiger partial charge in [-0.3, -0.25) is 14.4 Å². The highest BCUT2D eigenvalue weighted by Crippen LogP contribution is 2.33. The summed E-state index contributed by atoms with van der Waals surface area (Å²) >= 11 is 17.3. The molecule has 54 heavy (non-hydrogen) atoms. The lowest BCUT2D eigenvalue weighted by atomic mass is 9.94. The molecule has 0 unspecified atom stereocenters. The number of ether oxygens (including phenoxy) is 8. The zero-order valence-electron chi connectivity index (χ0n) is 29.5. The van der Waals surface area contributed by atoms with Crippen molar-refractivity contribution in [3.8, 4) is 0 Å². The molecule has 2 aliphatic rings. The number of alkyl halides is 3. The highest BCUT2D eigenvalue weighted by Gasteiger charge is 2.55. The van der Waals surface area contributed by atoms with Gasteiger partial charge in [-0.1, -0.05) is 95.5 Å². The van der Waals surface area contributed by atoms with Gasteiger partial charge in [0, 0.05) is 20.8 Å². The van der Waals surface area contributed by atoms with Crippen molar-refractivity contribution >= 4 is 58.7 Å². The fraction of sp³-hybridized carbons (Fsp3) is 0.543. The van der Waals surface area contributed by atoms with Gasteiger partial charge in [-0.05, 0) is 11.1 Å². The normalized spacial score (nSPS) is 28.4. The Labute approximate surface area is 326 Å². The number of carbonyl (C=O) groups excluding carboxylic acids is 4. The van der Waals surface area contributed by atoms with Gasteiger partial charge in [0.05, 0.1) is 26.4 Å². The minimum atomic E-state index is -2.00. The van der Waals surface area contributed by atoms with Crippen LogP contribution in [0.2, 0.25) is 0 Å². The molecule has 298 valence electrons. The van der Waals surface area contributed by atoms with Gasteiger partial charge < -0.3 is 58.7 Å². The van der Waals surface area contributed by atoms with Crippen molar-refractivity contribution in [1.29, 1.82) is 0 Å². The van der Waals surface area contributed by atoms with Crippen molar-refractivity contribution in [3.63, 3.8) is 0 Å². The number of rotatable bonds is 15. The molecule has 0 saturated carbocycles. The number of hydrogen-bond acceptors (Lipinski definition) is 14. The lowest BCUT2D eigenvalue weighted by Gasteiger charge is -2.48. The average molecular weight is 822 g/mol. The molecule has 2 aromatic carbocycles. The van der Waals surface area contributed by atoms with Crippen LogP contribution in [0.15, 0.2) is 60.7 Å². The standard InChI is InChI=1S/C35H43Cl3N2O14/c1-19(41)39-26-28(44)29(24(52-32(26)45)16-47-14-22-10-6-4-7-11-22)54-33-27(40-34(46)49-18-35(36,37)38)31(51-21(3)43)30(50-20(2)42)25(53-33)17-48-15-23-12-8-5-9-13-23/h4-13,24-33,44-45H,14-18H2,1-3H3,(H,39,41)(H,40,46)/t24-,25-,26-,27-,28-,29-,30+,31-,32-,33+/m1/s1. The Morgan fingerprint density at radius 3 is 1.74 bits per heavy atom. The van der Waals surface area contributed by atoms with E-state index in [1.54, 1.807) is 0 Å². The van der Waals surface area contributed by atoms with Crippen LogP contribution >= 0.6 is 34.8 Å². The predicted octanol–water partition coefficient (Wildman–Crippen LogP) is 2.44. The smallest absolute Gasteiger partial charge is 0.407 e. The van der Waals surface area contributed by atoms with E-state index in [1.807, 2.05) is 60.7 Å². The molecule has 0 bridgehead atoms. The molecule has 2 heterocycles. The van der Waals surface area contributed by atoms with E-state index in [0.717, 1.165) is 25.0 Å². The number of amides is 2. The molecule has 19 heteroatoms. The Kier molecular flexibility index (Phi) is 16.6. The van der Waals surface area contributed by atoms with Gasteiger partial charge in [0.1, 0.15) is 43.1 Å². The summed E-state index contributed by atoms with van der Waals surface area (Å²) in [5, 5.41) is 27.3. The molecule has 0 spiro atoms. The Morgan fingerprint density at radius 2 is 1.24 bits per heavy atom. The van der Waals surface area contributed by atoms with E-state index < -0.39 is 95.6 Å². The third-order valence-corrected chi connectivity index (χ3v) is 8.37. The SMILES string of the molecule is CC(=O)N[C@@H]1[C@@H](O)[C@H](O[C@@H]2O[C@H](COCc3ccccc3)[C@H](OC(C)=O)[C@H](OC(C)=O)[C@H]2NC(=O)OCC(Cl)(Cl)Cl)[C@@H](COCc2ccccc2)O[C@H]1O. The van der Waals surface area contributed by atoms with E-state index in [-0.39, 0.29) is 26.4 Å². The number of aliphatic hydroxyl groups is 2. The van der Waals surface area contributed by atoms with E-state index in [0.29, 0.717) is 0 Å². The maximum absolute atomic E-state index is 13.1. The summed E-state index contributed by atoms with van der Waals surface area (Å²) in [5.74, 6) is -2.23. The number of esters is 2. The van der Waals surface area contributed by atoms with Crippen LogP contribution in [0.4, 0.5) is 4.79 Å². The highest BCUT2D eigenvalue weighted by atomic mass is 35.6.